The number of halogens is 3. The lowest BCUT2D eigenvalue weighted by atomic mass is 10.2. The molecule has 0 aliphatic carbocycles. The second kappa shape index (κ2) is 7.07. The Labute approximate surface area is 120 Å². The van der Waals surface area contributed by atoms with Crippen molar-refractivity contribution in [3.8, 4) is 0 Å². The summed E-state index contributed by atoms with van der Waals surface area (Å²) in [4.78, 5) is 11.7. The van der Waals surface area contributed by atoms with Gasteiger partial charge in [0.05, 0.1) is 4.47 Å². The van der Waals surface area contributed by atoms with Crippen LogP contribution in [-0.4, -0.2) is 25.0 Å². The fourth-order valence-corrected chi connectivity index (χ4v) is 2.13. The van der Waals surface area contributed by atoms with Crippen LogP contribution in [0.3, 0.4) is 0 Å². The fourth-order valence-electron chi connectivity index (χ4n) is 1.89. The summed E-state index contributed by atoms with van der Waals surface area (Å²) in [6, 6.07) is 4.73. The molecule has 6 heteroatoms. The lowest BCUT2D eigenvalue weighted by molar-refractivity contribution is 0.0950. The minimum absolute atomic E-state index is 0. The van der Waals surface area contributed by atoms with E-state index in [2.05, 4.69) is 26.6 Å². The smallest absolute Gasteiger partial charge is 0.251 e. The maximum absolute atomic E-state index is 13.2. The van der Waals surface area contributed by atoms with Gasteiger partial charge in [0.1, 0.15) is 5.82 Å². The summed E-state index contributed by atoms with van der Waals surface area (Å²) in [5.41, 5.74) is 0.351. The van der Waals surface area contributed by atoms with Crippen LogP contribution in [0.15, 0.2) is 22.7 Å². The van der Waals surface area contributed by atoms with Gasteiger partial charge in [0, 0.05) is 18.2 Å². The molecule has 3 nitrogen and oxygen atoms in total. The molecule has 1 heterocycles. The second-order valence-corrected chi connectivity index (χ2v) is 4.99. The largest absolute Gasteiger partial charge is 0.350 e. The van der Waals surface area contributed by atoms with Gasteiger partial charge in [-0.05, 0) is 53.5 Å². The van der Waals surface area contributed by atoms with E-state index >= 15 is 0 Å². The maximum Gasteiger partial charge on any atom is 0.251 e. The van der Waals surface area contributed by atoms with E-state index in [0.717, 1.165) is 19.4 Å². The molecule has 0 aromatic heterocycles. The van der Waals surface area contributed by atoms with Gasteiger partial charge in [0.2, 0.25) is 0 Å². The van der Waals surface area contributed by atoms with E-state index in [1.165, 1.54) is 12.1 Å². The number of hydrogen-bond donors (Lipinski definition) is 2. The number of carbonyl (C=O) groups excluding carboxylic acids is 1. The van der Waals surface area contributed by atoms with Crippen molar-refractivity contribution in [1.82, 2.24) is 10.6 Å². The molecule has 1 unspecified atom stereocenters. The first-order valence-electron chi connectivity index (χ1n) is 5.63. The molecule has 1 atom stereocenters. The molecular weight excluding hydrogens is 323 g/mol. The Kier molecular flexibility index (Phi) is 6.05. The molecular formula is C12H15BrClFN2O. The normalized spacial score (nSPS) is 18.2. The third-order valence-electron chi connectivity index (χ3n) is 2.85. The van der Waals surface area contributed by atoms with Gasteiger partial charge < -0.3 is 10.6 Å². The molecule has 1 aromatic rings. The first-order chi connectivity index (χ1) is 8.16. The Morgan fingerprint density at radius 3 is 2.94 bits per heavy atom. The fraction of sp³-hybridized carbons (Fsp3) is 0.417. The van der Waals surface area contributed by atoms with Crippen molar-refractivity contribution in [2.75, 3.05) is 13.1 Å². The second-order valence-electron chi connectivity index (χ2n) is 4.13. The number of benzene rings is 1. The Morgan fingerprint density at radius 2 is 2.33 bits per heavy atom. The first-order valence-corrected chi connectivity index (χ1v) is 6.43. The van der Waals surface area contributed by atoms with Crippen LogP contribution in [0, 0.1) is 5.82 Å². The number of nitrogens with one attached hydrogen (secondary N) is 2. The number of hydrogen-bond acceptors (Lipinski definition) is 2. The highest BCUT2D eigenvalue weighted by Crippen LogP contribution is 2.16. The molecule has 0 saturated carbocycles. The van der Waals surface area contributed by atoms with E-state index in [1.807, 2.05) is 0 Å². The lowest BCUT2D eigenvalue weighted by Crippen LogP contribution is -2.37. The van der Waals surface area contributed by atoms with Gasteiger partial charge in [-0.1, -0.05) is 0 Å². The summed E-state index contributed by atoms with van der Waals surface area (Å²) < 4.78 is 13.6. The third-order valence-corrected chi connectivity index (χ3v) is 3.50. The van der Waals surface area contributed by atoms with E-state index in [-0.39, 0.29) is 18.3 Å². The van der Waals surface area contributed by atoms with Gasteiger partial charge in [-0.2, -0.15) is 0 Å². The van der Waals surface area contributed by atoms with Crippen molar-refractivity contribution in [2.24, 2.45) is 0 Å². The van der Waals surface area contributed by atoms with Gasteiger partial charge in [0.15, 0.2) is 0 Å². The SMILES string of the molecule is Cl.O=C(NCC1CCCN1)c1ccc(Br)c(F)c1. The summed E-state index contributed by atoms with van der Waals surface area (Å²) in [6.07, 6.45) is 2.22. The minimum Gasteiger partial charge on any atom is -0.350 e. The molecule has 2 rings (SSSR count). The zero-order valence-electron chi connectivity index (χ0n) is 9.71. The molecule has 0 radical (unpaired) electrons. The summed E-state index contributed by atoms with van der Waals surface area (Å²) >= 11 is 3.05. The predicted octanol–water partition coefficient (Wildman–Crippen LogP) is 2.49. The van der Waals surface area contributed by atoms with Crippen LogP contribution in [0.25, 0.3) is 0 Å². The van der Waals surface area contributed by atoms with E-state index < -0.39 is 5.82 Å². The maximum atomic E-state index is 13.2. The van der Waals surface area contributed by atoms with E-state index in [9.17, 15) is 9.18 Å². The van der Waals surface area contributed by atoms with E-state index in [4.69, 9.17) is 0 Å². The molecule has 18 heavy (non-hydrogen) atoms. The van der Waals surface area contributed by atoms with Gasteiger partial charge in [-0.15, -0.1) is 12.4 Å². The average Bonchev–Trinajstić information content (AvgIpc) is 2.82. The standard InChI is InChI=1S/C12H14BrFN2O.ClH/c13-10-4-3-8(6-11(10)14)12(17)16-7-9-2-1-5-15-9;/h3-4,6,9,15H,1-2,5,7H2,(H,16,17);1H. The van der Waals surface area contributed by atoms with Crippen LogP contribution >= 0.6 is 28.3 Å². The predicted molar refractivity (Wildman–Crippen MR) is 74.7 cm³/mol. The summed E-state index contributed by atoms with van der Waals surface area (Å²) in [5, 5.41) is 6.09. The number of amides is 1. The summed E-state index contributed by atoms with van der Waals surface area (Å²) in [7, 11) is 0. The van der Waals surface area contributed by atoms with Crippen LogP contribution in [0.1, 0.15) is 23.2 Å². The lowest BCUT2D eigenvalue weighted by Gasteiger charge is -2.11. The average molecular weight is 338 g/mol. The molecule has 0 spiro atoms. The van der Waals surface area contributed by atoms with Crippen molar-refractivity contribution in [3.63, 3.8) is 0 Å². The van der Waals surface area contributed by atoms with Crippen molar-refractivity contribution in [3.05, 3.63) is 34.1 Å². The first kappa shape index (κ1) is 15.4. The molecule has 1 fully saturated rings. The highest BCUT2D eigenvalue weighted by Gasteiger charge is 2.15. The Hall–Kier alpha value is -0.650. The third kappa shape index (κ3) is 3.93. The highest BCUT2D eigenvalue weighted by atomic mass is 79.9. The Morgan fingerprint density at radius 1 is 1.56 bits per heavy atom. The zero-order chi connectivity index (χ0) is 12.3. The molecule has 1 aliphatic rings. The van der Waals surface area contributed by atoms with Crippen LogP contribution < -0.4 is 10.6 Å². The van der Waals surface area contributed by atoms with Gasteiger partial charge in [-0.25, -0.2) is 4.39 Å². The Bertz CT molecular complexity index is 425. The van der Waals surface area contributed by atoms with Crippen molar-refractivity contribution in [1.29, 1.82) is 0 Å². The van der Waals surface area contributed by atoms with Gasteiger partial charge >= 0.3 is 0 Å². The number of carbonyl (C=O) groups is 1. The van der Waals surface area contributed by atoms with Crippen LogP contribution in [0.2, 0.25) is 0 Å². The molecule has 1 aromatic carbocycles. The molecule has 1 aliphatic heterocycles. The minimum atomic E-state index is -0.420. The highest BCUT2D eigenvalue weighted by molar-refractivity contribution is 9.10. The monoisotopic (exact) mass is 336 g/mol. The van der Waals surface area contributed by atoms with Gasteiger partial charge in [-0.3, -0.25) is 4.79 Å². The van der Waals surface area contributed by atoms with Crippen molar-refractivity contribution >= 4 is 34.2 Å². The van der Waals surface area contributed by atoms with Gasteiger partial charge in [0.25, 0.3) is 5.91 Å². The quantitative estimate of drug-likeness (QED) is 0.890. The summed E-state index contributed by atoms with van der Waals surface area (Å²) in [5.74, 6) is -0.651. The van der Waals surface area contributed by atoms with Crippen LogP contribution in [0.4, 0.5) is 4.39 Å². The van der Waals surface area contributed by atoms with E-state index in [0.29, 0.717) is 22.6 Å². The van der Waals surface area contributed by atoms with Crippen LogP contribution in [-0.2, 0) is 0 Å². The molecule has 1 amide bonds. The number of rotatable bonds is 3. The molecule has 0 bridgehead atoms. The Balaban J connectivity index is 0.00000162. The summed E-state index contributed by atoms with van der Waals surface area (Å²) in [6.45, 7) is 1.60. The topological polar surface area (TPSA) is 41.1 Å². The van der Waals surface area contributed by atoms with E-state index in [1.54, 1.807) is 6.07 Å². The van der Waals surface area contributed by atoms with Crippen LogP contribution in [0.5, 0.6) is 0 Å². The zero-order valence-corrected chi connectivity index (χ0v) is 12.1. The van der Waals surface area contributed by atoms with Crippen molar-refractivity contribution in [2.45, 2.75) is 18.9 Å². The molecule has 100 valence electrons. The van der Waals surface area contributed by atoms with Crippen molar-refractivity contribution < 1.29 is 9.18 Å². The molecule has 2 N–H and O–H groups in total. The molecule has 1 saturated heterocycles.